The van der Waals surface area contributed by atoms with Gasteiger partial charge in [-0.2, -0.15) is 13.2 Å². The maximum atomic E-state index is 13.2. The van der Waals surface area contributed by atoms with Crippen LogP contribution in [0.5, 0.6) is 0 Å². The number of hydrogen-bond donors (Lipinski definition) is 1. The van der Waals surface area contributed by atoms with Crippen LogP contribution in [0.3, 0.4) is 0 Å². The van der Waals surface area contributed by atoms with Gasteiger partial charge in [0.25, 0.3) is 0 Å². The molecule has 0 spiro atoms. The summed E-state index contributed by atoms with van der Waals surface area (Å²) in [6.07, 6.45) is -1.36. The standard InChI is InChI=1S/C21H21F3N4/c1-14(17-8-4-6-15-5-2-3-7-18(15)17)27-16-9-12-28(13-16)20-19(21(22,23)24)25-10-11-26-20/h2-8,10-11,14,16,27H,9,12-13H2,1H3/t14-,16-/m1/s1. The van der Waals surface area contributed by atoms with E-state index in [9.17, 15) is 13.2 Å². The molecule has 0 unspecified atom stereocenters. The van der Waals surface area contributed by atoms with Crippen molar-refractivity contribution in [2.75, 3.05) is 18.0 Å². The lowest BCUT2D eigenvalue weighted by Crippen LogP contribution is -2.35. The summed E-state index contributed by atoms with van der Waals surface area (Å²) < 4.78 is 39.7. The molecule has 28 heavy (non-hydrogen) atoms. The van der Waals surface area contributed by atoms with Gasteiger partial charge in [0.1, 0.15) is 0 Å². The van der Waals surface area contributed by atoms with Crippen molar-refractivity contribution in [2.24, 2.45) is 0 Å². The second-order valence-electron chi connectivity index (χ2n) is 7.11. The molecule has 1 aliphatic rings. The first kappa shape index (κ1) is 18.7. The van der Waals surface area contributed by atoms with Crippen LogP contribution in [0.25, 0.3) is 10.8 Å². The van der Waals surface area contributed by atoms with E-state index in [0.29, 0.717) is 13.1 Å². The van der Waals surface area contributed by atoms with Crippen LogP contribution in [-0.4, -0.2) is 29.1 Å². The van der Waals surface area contributed by atoms with Gasteiger partial charge >= 0.3 is 6.18 Å². The molecule has 146 valence electrons. The highest BCUT2D eigenvalue weighted by molar-refractivity contribution is 5.86. The Morgan fingerprint density at radius 1 is 1.07 bits per heavy atom. The predicted molar refractivity (Wildman–Crippen MR) is 103 cm³/mol. The molecule has 1 aliphatic heterocycles. The first-order valence-electron chi connectivity index (χ1n) is 9.30. The number of aromatic nitrogens is 2. The van der Waals surface area contributed by atoms with Crippen LogP contribution >= 0.6 is 0 Å². The fourth-order valence-electron chi connectivity index (χ4n) is 3.92. The van der Waals surface area contributed by atoms with Crippen LogP contribution in [0, 0.1) is 0 Å². The molecule has 0 amide bonds. The van der Waals surface area contributed by atoms with Crippen molar-refractivity contribution in [3.05, 3.63) is 66.1 Å². The monoisotopic (exact) mass is 386 g/mol. The van der Waals surface area contributed by atoms with Crippen molar-refractivity contribution >= 4 is 16.6 Å². The minimum atomic E-state index is -4.51. The first-order valence-corrected chi connectivity index (χ1v) is 9.30. The van der Waals surface area contributed by atoms with Crippen molar-refractivity contribution in [3.8, 4) is 0 Å². The van der Waals surface area contributed by atoms with Crippen LogP contribution in [-0.2, 0) is 6.18 Å². The lowest BCUT2D eigenvalue weighted by atomic mass is 9.99. The van der Waals surface area contributed by atoms with E-state index < -0.39 is 11.9 Å². The van der Waals surface area contributed by atoms with E-state index in [-0.39, 0.29) is 17.9 Å². The zero-order chi connectivity index (χ0) is 19.7. The third-order valence-corrected chi connectivity index (χ3v) is 5.21. The smallest absolute Gasteiger partial charge is 0.353 e. The van der Waals surface area contributed by atoms with E-state index in [1.54, 1.807) is 4.90 Å². The summed E-state index contributed by atoms with van der Waals surface area (Å²) in [5.74, 6) is -0.0860. The summed E-state index contributed by atoms with van der Waals surface area (Å²) in [5.41, 5.74) is 0.268. The number of nitrogens with one attached hydrogen (secondary N) is 1. The SMILES string of the molecule is C[C@@H](N[C@@H]1CCN(c2nccnc2C(F)(F)F)C1)c1cccc2ccccc12. The van der Waals surface area contributed by atoms with Crippen LogP contribution < -0.4 is 10.2 Å². The summed E-state index contributed by atoms with van der Waals surface area (Å²) in [6, 6.07) is 14.6. The molecule has 1 N–H and O–H groups in total. The van der Waals surface area contributed by atoms with Crippen molar-refractivity contribution < 1.29 is 13.2 Å². The number of hydrogen-bond acceptors (Lipinski definition) is 4. The summed E-state index contributed by atoms with van der Waals surface area (Å²) in [5, 5.41) is 5.94. The van der Waals surface area contributed by atoms with Gasteiger partial charge in [-0.3, -0.25) is 0 Å². The minimum Gasteiger partial charge on any atom is -0.353 e. The Morgan fingerprint density at radius 3 is 2.64 bits per heavy atom. The zero-order valence-corrected chi connectivity index (χ0v) is 15.4. The molecule has 2 atom stereocenters. The molecule has 2 aromatic carbocycles. The first-order chi connectivity index (χ1) is 13.4. The van der Waals surface area contributed by atoms with E-state index in [2.05, 4.69) is 46.5 Å². The number of anilines is 1. The van der Waals surface area contributed by atoms with Crippen LogP contribution in [0.1, 0.15) is 30.6 Å². The van der Waals surface area contributed by atoms with E-state index in [0.717, 1.165) is 12.6 Å². The fourth-order valence-corrected chi connectivity index (χ4v) is 3.92. The number of nitrogens with zero attached hydrogens (tertiary/aromatic N) is 3. The lowest BCUT2D eigenvalue weighted by Gasteiger charge is -2.23. The molecule has 1 saturated heterocycles. The summed E-state index contributed by atoms with van der Waals surface area (Å²) in [6.45, 7) is 3.08. The maximum absolute atomic E-state index is 13.2. The Labute approximate surface area is 161 Å². The van der Waals surface area contributed by atoms with Crippen molar-refractivity contribution in [2.45, 2.75) is 31.6 Å². The maximum Gasteiger partial charge on any atom is 0.437 e. The molecular weight excluding hydrogens is 365 g/mol. The van der Waals surface area contributed by atoms with Crippen molar-refractivity contribution in [3.63, 3.8) is 0 Å². The van der Waals surface area contributed by atoms with Crippen LogP contribution in [0.4, 0.5) is 19.0 Å². The van der Waals surface area contributed by atoms with Gasteiger partial charge < -0.3 is 10.2 Å². The van der Waals surface area contributed by atoms with Crippen LogP contribution in [0.15, 0.2) is 54.9 Å². The van der Waals surface area contributed by atoms with Gasteiger partial charge in [-0.25, -0.2) is 9.97 Å². The average Bonchev–Trinajstić information content (AvgIpc) is 3.15. The van der Waals surface area contributed by atoms with E-state index >= 15 is 0 Å². The fraction of sp³-hybridized carbons (Fsp3) is 0.333. The van der Waals surface area contributed by atoms with Gasteiger partial charge in [0.15, 0.2) is 11.5 Å². The summed E-state index contributed by atoms with van der Waals surface area (Å²) >= 11 is 0. The Hall–Kier alpha value is -2.67. The van der Waals surface area contributed by atoms with Gasteiger partial charge in [-0.1, -0.05) is 42.5 Å². The molecule has 7 heteroatoms. The van der Waals surface area contributed by atoms with Gasteiger partial charge in [0.2, 0.25) is 0 Å². The third-order valence-electron chi connectivity index (χ3n) is 5.21. The van der Waals surface area contributed by atoms with E-state index in [4.69, 9.17) is 0 Å². The molecule has 3 aromatic rings. The van der Waals surface area contributed by atoms with Gasteiger partial charge in [0.05, 0.1) is 0 Å². The Morgan fingerprint density at radius 2 is 1.82 bits per heavy atom. The highest BCUT2D eigenvalue weighted by atomic mass is 19.4. The molecule has 2 heterocycles. The molecule has 4 rings (SSSR count). The second kappa shape index (κ2) is 7.39. The molecule has 1 fully saturated rings. The highest BCUT2D eigenvalue weighted by Crippen LogP contribution is 2.35. The molecule has 4 nitrogen and oxygen atoms in total. The highest BCUT2D eigenvalue weighted by Gasteiger charge is 2.39. The van der Waals surface area contributed by atoms with Gasteiger partial charge in [-0.15, -0.1) is 0 Å². The Balaban J connectivity index is 1.50. The summed E-state index contributed by atoms with van der Waals surface area (Å²) in [4.78, 5) is 9.14. The topological polar surface area (TPSA) is 41.0 Å². The zero-order valence-electron chi connectivity index (χ0n) is 15.4. The molecule has 0 saturated carbocycles. The molecule has 0 aliphatic carbocycles. The van der Waals surface area contributed by atoms with Crippen molar-refractivity contribution in [1.29, 1.82) is 0 Å². The largest absolute Gasteiger partial charge is 0.437 e. The second-order valence-corrected chi connectivity index (χ2v) is 7.11. The molecule has 0 radical (unpaired) electrons. The molecule has 1 aromatic heterocycles. The third kappa shape index (κ3) is 3.67. The van der Waals surface area contributed by atoms with E-state index in [1.165, 1.54) is 22.5 Å². The van der Waals surface area contributed by atoms with Gasteiger partial charge in [-0.05, 0) is 29.7 Å². The number of alkyl halides is 3. The lowest BCUT2D eigenvalue weighted by molar-refractivity contribution is -0.140. The molecular formula is C21H21F3N4. The average molecular weight is 386 g/mol. The summed E-state index contributed by atoms with van der Waals surface area (Å²) in [7, 11) is 0. The Bertz CT molecular complexity index is 968. The van der Waals surface area contributed by atoms with Crippen molar-refractivity contribution in [1.82, 2.24) is 15.3 Å². The van der Waals surface area contributed by atoms with Crippen LogP contribution in [0.2, 0.25) is 0 Å². The van der Waals surface area contributed by atoms with Gasteiger partial charge in [0, 0.05) is 37.6 Å². The minimum absolute atomic E-state index is 0.0806. The van der Waals surface area contributed by atoms with E-state index in [1.807, 2.05) is 18.2 Å². The number of rotatable bonds is 4. The predicted octanol–water partition coefficient (Wildman–Crippen LogP) is 4.58. The number of fused-ring (bicyclic) bond motifs is 1. The number of benzene rings is 2. The quantitative estimate of drug-likeness (QED) is 0.713. The number of halogens is 3. The molecule has 0 bridgehead atoms. The Kier molecular flexibility index (Phi) is 4.93. The normalized spacial score (nSPS) is 18.6.